The molecule has 2 heterocycles. The third-order valence-electron chi connectivity index (χ3n) is 4.02. The summed E-state index contributed by atoms with van der Waals surface area (Å²) in [6, 6.07) is -0.252. The number of amides is 1. The molecular weight excluding hydrogens is 288 g/mol. The minimum Gasteiger partial charge on any atom is -0.353 e. The van der Waals surface area contributed by atoms with Gasteiger partial charge in [0.1, 0.15) is 0 Å². The van der Waals surface area contributed by atoms with Gasteiger partial charge in [-0.05, 0) is 12.8 Å². The van der Waals surface area contributed by atoms with E-state index in [9.17, 15) is 4.79 Å². The highest BCUT2D eigenvalue weighted by molar-refractivity contribution is 7.99. The summed E-state index contributed by atoms with van der Waals surface area (Å²) in [6.45, 7) is 1.47. The first-order chi connectivity index (χ1) is 10.3. The van der Waals surface area contributed by atoms with Crippen LogP contribution >= 0.6 is 11.8 Å². The van der Waals surface area contributed by atoms with Gasteiger partial charge in [-0.1, -0.05) is 24.4 Å². The Morgan fingerprint density at radius 3 is 2.90 bits per heavy atom. The largest absolute Gasteiger partial charge is 0.353 e. The SMILES string of the molecule is O=C1NCCNC1Cc1nc(CSC2CCCCC2)no1. The Morgan fingerprint density at radius 1 is 1.24 bits per heavy atom. The summed E-state index contributed by atoms with van der Waals surface area (Å²) in [5.41, 5.74) is 0. The molecule has 2 N–H and O–H groups in total. The van der Waals surface area contributed by atoms with Crippen LogP contribution in [0, 0.1) is 0 Å². The van der Waals surface area contributed by atoms with Gasteiger partial charge in [-0.25, -0.2) is 0 Å². The number of carbonyl (C=O) groups is 1. The molecule has 116 valence electrons. The van der Waals surface area contributed by atoms with Crippen molar-refractivity contribution >= 4 is 17.7 Å². The molecule has 1 saturated carbocycles. The zero-order valence-electron chi connectivity index (χ0n) is 12.1. The predicted molar refractivity (Wildman–Crippen MR) is 81.0 cm³/mol. The normalized spacial score (nSPS) is 24.0. The number of carbonyl (C=O) groups excluding carboxylic acids is 1. The zero-order valence-corrected chi connectivity index (χ0v) is 13.0. The Labute approximate surface area is 128 Å². The summed E-state index contributed by atoms with van der Waals surface area (Å²) in [6.07, 6.45) is 7.14. The summed E-state index contributed by atoms with van der Waals surface area (Å²) < 4.78 is 5.26. The van der Waals surface area contributed by atoms with Crippen LogP contribution in [0.3, 0.4) is 0 Å². The molecule has 2 aliphatic rings. The number of hydrogen-bond acceptors (Lipinski definition) is 6. The molecule has 1 unspecified atom stereocenters. The third kappa shape index (κ3) is 4.20. The number of thioether (sulfide) groups is 1. The van der Waals surface area contributed by atoms with Gasteiger partial charge < -0.3 is 15.2 Å². The van der Waals surface area contributed by atoms with Gasteiger partial charge in [0.25, 0.3) is 0 Å². The molecule has 0 bridgehead atoms. The highest BCUT2D eigenvalue weighted by Gasteiger charge is 2.24. The molecule has 0 spiro atoms. The fourth-order valence-electron chi connectivity index (χ4n) is 2.84. The maximum absolute atomic E-state index is 11.7. The Kier molecular flexibility index (Phi) is 5.13. The Balaban J connectivity index is 1.47. The van der Waals surface area contributed by atoms with E-state index in [1.807, 2.05) is 11.8 Å². The van der Waals surface area contributed by atoms with E-state index in [4.69, 9.17) is 4.52 Å². The first-order valence-corrected chi connectivity index (χ1v) is 8.80. The van der Waals surface area contributed by atoms with Crippen LogP contribution in [0.2, 0.25) is 0 Å². The summed E-state index contributed by atoms with van der Waals surface area (Å²) >= 11 is 1.93. The van der Waals surface area contributed by atoms with Crippen LogP contribution in [0.15, 0.2) is 4.52 Å². The molecule has 21 heavy (non-hydrogen) atoms. The van der Waals surface area contributed by atoms with E-state index < -0.39 is 0 Å². The lowest BCUT2D eigenvalue weighted by molar-refractivity contribution is -0.124. The van der Waals surface area contributed by atoms with Crippen molar-refractivity contribution in [2.24, 2.45) is 0 Å². The minimum absolute atomic E-state index is 0.0116. The van der Waals surface area contributed by atoms with Crippen molar-refractivity contribution in [1.82, 2.24) is 20.8 Å². The van der Waals surface area contributed by atoms with Crippen LogP contribution < -0.4 is 10.6 Å². The van der Waals surface area contributed by atoms with Crippen molar-refractivity contribution in [2.75, 3.05) is 13.1 Å². The fourth-order valence-corrected chi connectivity index (χ4v) is 4.01. The molecule has 2 fully saturated rings. The molecule has 7 heteroatoms. The number of hydrogen-bond donors (Lipinski definition) is 2. The minimum atomic E-state index is -0.252. The average Bonchev–Trinajstić information content (AvgIpc) is 2.96. The Morgan fingerprint density at radius 2 is 2.10 bits per heavy atom. The first-order valence-electron chi connectivity index (χ1n) is 7.75. The molecule has 1 aliphatic carbocycles. The van der Waals surface area contributed by atoms with E-state index in [0.717, 1.165) is 23.4 Å². The second-order valence-electron chi connectivity index (χ2n) is 5.68. The zero-order chi connectivity index (χ0) is 14.5. The Bertz CT molecular complexity index is 473. The van der Waals surface area contributed by atoms with Gasteiger partial charge in [-0.15, -0.1) is 0 Å². The van der Waals surface area contributed by atoms with Crippen molar-refractivity contribution in [3.8, 4) is 0 Å². The summed E-state index contributed by atoms with van der Waals surface area (Å²) in [5.74, 6) is 2.11. The van der Waals surface area contributed by atoms with Gasteiger partial charge >= 0.3 is 0 Å². The number of aromatic nitrogens is 2. The molecule has 1 aromatic rings. The van der Waals surface area contributed by atoms with E-state index in [2.05, 4.69) is 20.8 Å². The smallest absolute Gasteiger partial charge is 0.237 e. The maximum Gasteiger partial charge on any atom is 0.237 e. The molecule has 1 aromatic heterocycles. The lowest BCUT2D eigenvalue weighted by atomic mass is 10.0. The number of rotatable bonds is 5. The van der Waals surface area contributed by atoms with Gasteiger partial charge in [0.15, 0.2) is 5.82 Å². The molecule has 1 atom stereocenters. The van der Waals surface area contributed by atoms with E-state index >= 15 is 0 Å². The van der Waals surface area contributed by atoms with Gasteiger partial charge in [-0.3, -0.25) is 4.79 Å². The molecular formula is C14H22N4O2S. The lowest BCUT2D eigenvalue weighted by Crippen LogP contribution is -2.53. The Hall–Kier alpha value is -1.08. The first kappa shape index (κ1) is 14.8. The van der Waals surface area contributed by atoms with Gasteiger partial charge in [-0.2, -0.15) is 16.7 Å². The quantitative estimate of drug-likeness (QED) is 0.852. The molecule has 1 saturated heterocycles. The van der Waals surface area contributed by atoms with Gasteiger partial charge in [0.05, 0.1) is 18.2 Å². The van der Waals surface area contributed by atoms with Crippen molar-refractivity contribution < 1.29 is 9.32 Å². The van der Waals surface area contributed by atoms with Crippen LogP contribution in [0.1, 0.15) is 43.8 Å². The van der Waals surface area contributed by atoms with Crippen LogP contribution in [-0.2, 0) is 17.0 Å². The van der Waals surface area contributed by atoms with Gasteiger partial charge in [0.2, 0.25) is 11.8 Å². The second kappa shape index (κ2) is 7.26. The highest BCUT2D eigenvalue weighted by atomic mass is 32.2. The lowest BCUT2D eigenvalue weighted by Gasteiger charge is -2.21. The topological polar surface area (TPSA) is 80.0 Å². The van der Waals surface area contributed by atoms with Gasteiger partial charge in [0, 0.05) is 18.3 Å². The van der Waals surface area contributed by atoms with Crippen LogP contribution in [0.5, 0.6) is 0 Å². The number of nitrogens with zero attached hydrogens (tertiary/aromatic N) is 2. The average molecular weight is 310 g/mol. The molecule has 1 aliphatic heterocycles. The third-order valence-corrected chi connectivity index (χ3v) is 5.39. The van der Waals surface area contributed by atoms with Crippen molar-refractivity contribution in [3.05, 3.63) is 11.7 Å². The summed E-state index contributed by atoms with van der Waals surface area (Å²) in [5, 5.41) is 10.8. The van der Waals surface area contributed by atoms with E-state index in [1.54, 1.807) is 0 Å². The highest BCUT2D eigenvalue weighted by Crippen LogP contribution is 2.29. The van der Waals surface area contributed by atoms with Crippen LogP contribution in [0.4, 0.5) is 0 Å². The summed E-state index contributed by atoms with van der Waals surface area (Å²) in [7, 11) is 0. The fraction of sp³-hybridized carbons (Fsp3) is 0.786. The number of piperazine rings is 1. The van der Waals surface area contributed by atoms with E-state index in [1.165, 1.54) is 32.1 Å². The van der Waals surface area contributed by atoms with E-state index in [0.29, 0.717) is 18.9 Å². The molecule has 0 radical (unpaired) electrons. The summed E-state index contributed by atoms with van der Waals surface area (Å²) in [4.78, 5) is 16.1. The van der Waals surface area contributed by atoms with Crippen LogP contribution in [0.25, 0.3) is 0 Å². The predicted octanol–water partition coefficient (Wildman–Crippen LogP) is 1.27. The van der Waals surface area contributed by atoms with Crippen molar-refractivity contribution in [1.29, 1.82) is 0 Å². The monoisotopic (exact) mass is 310 g/mol. The molecule has 1 amide bonds. The molecule has 6 nitrogen and oxygen atoms in total. The molecule has 0 aromatic carbocycles. The second-order valence-corrected chi connectivity index (χ2v) is 6.97. The van der Waals surface area contributed by atoms with Crippen molar-refractivity contribution in [3.63, 3.8) is 0 Å². The molecule has 3 rings (SSSR count). The number of nitrogens with one attached hydrogen (secondary N) is 2. The van der Waals surface area contributed by atoms with E-state index in [-0.39, 0.29) is 11.9 Å². The van der Waals surface area contributed by atoms with Crippen molar-refractivity contribution in [2.45, 2.75) is 55.6 Å². The standard InChI is InChI=1S/C14H22N4O2S/c19-14-11(15-6-7-16-14)8-13-17-12(18-20-13)9-21-10-4-2-1-3-5-10/h10-11,15H,1-9H2,(H,16,19). The van der Waals surface area contributed by atoms with Crippen LogP contribution in [-0.4, -0.2) is 40.4 Å². The maximum atomic E-state index is 11.7.